The molecule has 0 atom stereocenters. The van der Waals surface area contributed by atoms with Crippen molar-refractivity contribution < 1.29 is 0 Å². The van der Waals surface area contributed by atoms with Crippen LogP contribution in [-0.4, -0.2) is 4.98 Å². The van der Waals surface area contributed by atoms with Crippen LogP contribution in [0.15, 0.2) is 30.5 Å². The van der Waals surface area contributed by atoms with Gasteiger partial charge in [0, 0.05) is 11.3 Å². The molecule has 0 radical (unpaired) electrons. The summed E-state index contributed by atoms with van der Waals surface area (Å²) in [6.45, 7) is 0. The molecular formula is C9H9N3S. The molecule has 0 spiro atoms. The first-order chi connectivity index (χ1) is 6.25. The Labute approximate surface area is 80.0 Å². The van der Waals surface area contributed by atoms with Crippen LogP contribution in [0.4, 0.5) is 10.7 Å². The highest BCUT2D eigenvalue weighted by molar-refractivity contribution is 7.18. The predicted molar refractivity (Wildman–Crippen MR) is 56.4 cm³/mol. The second-order valence-corrected chi connectivity index (χ2v) is 3.75. The molecule has 0 amide bonds. The van der Waals surface area contributed by atoms with E-state index in [9.17, 15) is 0 Å². The number of hydrogen-bond donors (Lipinski definition) is 2. The highest BCUT2D eigenvalue weighted by Gasteiger charge is 2.01. The topological polar surface area (TPSA) is 64.9 Å². The average molecular weight is 191 g/mol. The normalized spacial score (nSPS) is 10.2. The summed E-state index contributed by atoms with van der Waals surface area (Å²) in [5, 5.41) is 1.66. The van der Waals surface area contributed by atoms with E-state index in [1.807, 2.05) is 24.3 Å². The fourth-order valence-corrected chi connectivity index (χ4v) is 1.73. The zero-order valence-corrected chi connectivity index (χ0v) is 7.71. The summed E-state index contributed by atoms with van der Waals surface area (Å²) in [5.74, 6) is 0. The van der Waals surface area contributed by atoms with Crippen LogP contribution in [-0.2, 0) is 0 Å². The molecule has 0 saturated carbocycles. The summed E-state index contributed by atoms with van der Waals surface area (Å²) >= 11 is 1.47. The van der Waals surface area contributed by atoms with E-state index in [4.69, 9.17) is 11.5 Å². The Kier molecular flexibility index (Phi) is 1.90. The lowest BCUT2D eigenvalue weighted by atomic mass is 10.2. The van der Waals surface area contributed by atoms with Gasteiger partial charge in [0.15, 0.2) is 0 Å². The number of hydrogen-bond acceptors (Lipinski definition) is 4. The minimum absolute atomic E-state index is 0.729. The van der Waals surface area contributed by atoms with Gasteiger partial charge in [0.05, 0.1) is 6.20 Å². The van der Waals surface area contributed by atoms with Gasteiger partial charge in [-0.05, 0) is 24.3 Å². The molecule has 13 heavy (non-hydrogen) atoms. The Bertz CT molecular complexity index is 405. The molecule has 0 bridgehead atoms. The highest BCUT2D eigenvalue weighted by atomic mass is 32.1. The molecule has 3 nitrogen and oxygen atoms in total. The van der Waals surface area contributed by atoms with Gasteiger partial charge in [-0.2, -0.15) is 0 Å². The standard InChI is InChI=1S/C9H9N3S/c10-7-3-1-6(2-4-7)9-12-5-8(11)13-9/h1-5H,10-11H2. The monoisotopic (exact) mass is 191 g/mol. The van der Waals surface area contributed by atoms with Crippen molar-refractivity contribution >= 4 is 22.0 Å². The molecule has 0 saturated heterocycles. The van der Waals surface area contributed by atoms with Crippen LogP contribution in [0.25, 0.3) is 10.6 Å². The largest absolute Gasteiger partial charge is 0.399 e. The first kappa shape index (κ1) is 8.07. The van der Waals surface area contributed by atoms with Crippen LogP contribution in [0.1, 0.15) is 0 Å². The maximum absolute atomic E-state index is 5.58. The average Bonchev–Trinajstić information content (AvgIpc) is 2.53. The molecule has 1 aromatic heterocycles. The number of benzene rings is 1. The lowest BCUT2D eigenvalue weighted by Gasteiger charge is -1.95. The second kappa shape index (κ2) is 3.06. The van der Waals surface area contributed by atoms with E-state index in [1.54, 1.807) is 6.20 Å². The van der Waals surface area contributed by atoms with E-state index in [2.05, 4.69) is 4.98 Å². The summed E-state index contributed by atoms with van der Waals surface area (Å²) in [4.78, 5) is 4.17. The fourth-order valence-electron chi connectivity index (χ4n) is 1.05. The maximum atomic E-state index is 5.58. The summed E-state index contributed by atoms with van der Waals surface area (Å²) in [5.41, 5.74) is 13.0. The molecule has 1 aromatic carbocycles. The lowest BCUT2D eigenvalue weighted by molar-refractivity contribution is 1.41. The molecule has 2 rings (SSSR count). The number of nitrogen functional groups attached to an aromatic ring is 2. The number of nitrogens with two attached hydrogens (primary N) is 2. The number of aromatic nitrogens is 1. The zero-order chi connectivity index (χ0) is 9.26. The first-order valence-corrected chi connectivity index (χ1v) is 4.64. The molecule has 4 N–H and O–H groups in total. The summed E-state index contributed by atoms with van der Waals surface area (Å²) in [7, 11) is 0. The van der Waals surface area contributed by atoms with E-state index in [1.165, 1.54) is 11.3 Å². The number of nitrogens with zero attached hydrogens (tertiary/aromatic N) is 1. The van der Waals surface area contributed by atoms with E-state index >= 15 is 0 Å². The van der Waals surface area contributed by atoms with Crippen LogP contribution in [0.3, 0.4) is 0 Å². The third-order valence-electron chi connectivity index (χ3n) is 1.68. The maximum Gasteiger partial charge on any atom is 0.125 e. The Morgan fingerprint density at radius 3 is 2.31 bits per heavy atom. The zero-order valence-electron chi connectivity index (χ0n) is 6.90. The van der Waals surface area contributed by atoms with E-state index in [-0.39, 0.29) is 0 Å². The smallest absolute Gasteiger partial charge is 0.125 e. The van der Waals surface area contributed by atoms with Crippen molar-refractivity contribution in [1.29, 1.82) is 0 Å². The summed E-state index contributed by atoms with van der Waals surface area (Å²) in [6, 6.07) is 7.58. The van der Waals surface area contributed by atoms with Crippen LogP contribution >= 0.6 is 11.3 Å². The SMILES string of the molecule is Nc1ccc(-c2ncc(N)s2)cc1. The van der Waals surface area contributed by atoms with E-state index in [0.29, 0.717) is 0 Å². The number of thiazole rings is 1. The fraction of sp³-hybridized carbons (Fsp3) is 0. The predicted octanol–water partition coefficient (Wildman–Crippen LogP) is 1.97. The van der Waals surface area contributed by atoms with Crippen molar-refractivity contribution in [3.05, 3.63) is 30.5 Å². The second-order valence-electron chi connectivity index (χ2n) is 2.69. The van der Waals surface area contributed by atoms with Crippen molar-refractivity contribution in [2.75, 3.05) is 11.5 Å². The van der Waals surface area contributed by atoms with E-state index < -0.39 is 0 Å². The van der Waals surface area contributed by atoms with Crippen molar-refractivity contribution in [2.45, 2.75) is 0 Å². The molecule has 0 aliphatic heterocycles. The molecular weight excluding hydrogens is 182 g/mol. The highest BCUT2D eigenvalue weighted by Crippen LogP contribution is 2.26. The first-order valence-electron chi connectivity index (χ1n) is 3.83. The van der Waals surface area contributed by atoms with Crippen molar-refractivity contribution in [1.82, 2.24) is 4.98 Å². The Morgan fingerprint density at radius 1 is 1.08 bits per heavy atom. The van der Waals surface area contributed by atoms with Gasteiger partial charge in [-0.15, -0.1) is 0 Å². The van der Waals surface area contributed by atoms with Gasteiger partial charge in [0.25, 0.3) is 0 Å². The number of rotatable bonds is 1. The third-order valence-corrected chi connectivity index (χ3v) is 2.56. The van der Waals surface area contributed by atoms with Gasteiger partial charge in [-0.25, -0.2) is 4.98 Å². The Balaban J connectivity index is 2.41. The van der Waals surface area contributed by atoms with Gasteiger partial charge >= 0.3 is 0 Å². The summed E-state index contributed by atoms with van der Waals surface area (Å²) in [6.07, 6.45) is 1.66. The van der Waals surface area contributed by atoms with Crippen molar-refractivity contribution in [3.63, 3.8) is 0 Å². The number of anilines is 2. The van der Waals surface area contributed by atoms with Crippen molar-refractivity contribution in [3.8, 4) is 10.6 Å². The molecule has 0 fully saturated rings. The van der Waals surface area contributed by atoms with Gasteiger partial charge in [0.2, 0.25) is 0 Å². The molecule has 0 aliphatic rings. The van der Waals surface area contributed by atoms with E-state index in [0.717, 1.165) is 21.3 Å². The quantitative estimate of drug-likeness (QED) is 0.677. The van der Waals surface area contributed by atoms with Gasteiger partial charge in [-0.1, -0.05) is 11.3 Å². The van der Waals surface area contributed by atoms with Gasteiger partial charge in [0.1, 0.15) is 10.0 Å². The van der Waals surface area contributed by atoms with Crippen LogP contribution in [0.2, 0.25) is 0 Å². The molecule has 4 heteroatoms. The van der Waals surface area contributed by atoms with Crippen LogP contribution in [0, 0.1) is 0 Å². The minimum Gasteiger partial charge on any atom is -0.399 e. The molecule has 2 aromatic rings. The van der Waals surface area contributed by atoms with Crippen LogP contribution in [0.5, 0.6) is 0 Å². The minimum atomic E-state index is 0.729. The van der Waals surface area contributed by atoms with Gasteiger partial charge in [-0.3, -0.25) is 0 Å². The van der Waals surface area contributed by atoms with Crippen molar-refractivity contribution in [2.24, 2.45) is 0 Å². The lowest BCUT2D eigenvalue weighted by Crippen LogP contribution is -1.82. The molecule has 0 aliphatic carbocycles. The third kappa shape index (κ3) is 1.62. The Morgan fingerprint density at radius 2 is 1.77 bits per heavy atom. The van der Waals surface area contributed by atoms with Crippen LogP contribution < -0.4 is 11.5 Å². The molecule has 1 heterocycles. The molecule has 0 unspecified atom stereocenters. The summed E-state index contributed by atoms with van der Waals surface area (Å²) < 4.78 is 0. The molecule has 66 valence electrons. The van der Waals surface area contributed by atoms with Gasteiger partial charge < -0.3 is 11.5 Å². The Hall–Kier alpha value is -1.55.